The highest BCUT2D eigenvalue weighted by Gasteiger charge is 2.48. The minimum Gasteiger partial charge on any atom is -0.366 e. The molecule has 0 radical (unpaired) electrons. The molecule has 2 fully saturated rings. The van der Waals surface area contributed by atoms with Gasteiger partial charge in [-0.1, -0.05) is 37.5 Å². The molecule has 1 heteroatoms. The molecule has 0 aromatic heterocycles. The van der Waals surface area contributed by atoms with Crippen molar-refractivity contribution in [2.24, 2.45) is 5.41 Å². The molecule has 1 aromatic carbocycles. The topological polar surface area (TPSA) is 3.24 Å². The van der Waals surface area contributed by atoms with Gasteiger partial charge in [-0.3, -0.25) is 0 Å². The van der Waals surface area contributed by atoms with E-state index in [4.69, 9.17) is 2.74 Å². The summed E-state index contributed by atoms with van der Waals surface area (Å²) in [5.41, 5.74) is 1.82. The Bertz CT molecular complexity index is 530. The van der Waals surface area contributed by atoms with Gasteiger partial charge in [0.25, 0.3) is 0 Å². The summed E-state index contributed by atoms with van der Waals surface area (Å²) in [6.07, 6.45) is 4.54. The number of anilines is 1. The molecule has 3 rings (SSSR count). The second-order valence-electron chi connectivity index (χ2n) is 6.90. The van der Waals surface area contributed by atoms with Crippen LogP contribution in [0.2, 0.25) is 0 Å². The Kier molecular flexibility index (Phi) is 2.57. The van der Waals surface area contributed by atoms with Crippen LogP contribution in [-0.2, 0) is 0 Å². The first-order valence-corrected chi connectivity index (χ1v) is 7.65. The zero-order valence-electron chi connectivity index (χ0n) is 14.5. The van der Waals surface area contributed by atoms with Crippen LogP contribution in [0.4, 0.5) is 5.69 Å². The van der Waals surface area contributed by atoms with Gasteiger partial charge in [0.15, 0.2) is 0 Å². The van der Waals surface area contributed by atoms with Gasteiger partial charge >= 0.3 is 0 Å². The lowest BCUT2D eigenvalue weighted by molar-refractivity contribution is 0.204. The monoisotopic (exact) mass is 259 g/mol. The Labute approximate surface area is 120 Å². The molecule has 1 aliphatic heterocycles. The number of benzene rings is 1. The summed E-state index contributed by atoms with van der Waals surface area (Å²) in [4.78, 5) is 2.34. The van der Waals surface area contributed by atoms with E-state index in [1.807, 2.05) is 0 Å². The van der Waals surface area contributed by atoms with E-state index in [1.165, 1.54) is 30.5 Å². The highest BCUT2D eigenvalue weighted by Crippen LogP contribution is 2.51. The smallest absolute Gasteiger partial charge is 0.0400 e. The maximum Gasteiger partial charge on any atom is 0.0400 e. The van der Waals surface area contributed by atoms with Crippen molar-refractivity contribution in [1.82, 2.24) is 0 Å². The molecule has 0 bridgehead atoms. The molecule has 1 spiro atoms. The maximum atomic E-state index is 8.91. The van der Waals surface area contributed by atoms with Crippen LogP contribution in [0.1, 0.15) is 60.6 Å². The lowest BCUT2D eigenvalue weighted by Crippen LogP contribution is -2.38. The van der Waals surface area contributed by atoms with Gasteiger partial charge in [0, 0.05) is 20.5 Å². The fraction of sp³-hybridized carbons (Fsp3) is 0.667. The van der Waals surface area contributed by atoms with Gasteiger partial charge in [-0.25, -0.2) is 0 Å². The van der Waals surface area contributed by atoms with E-state index in [1.54, 1.807) is 0 Å². The lowest BCUT2D eigenvalue weighted by atomic mass is 9.71. The summed E-state index contributed by atoms with van der Waals surface area (Å²) in [6, 6.07) is 8.41. The number of nitrogens with zero attached hydrogens (tertiary/aromatic N) is 1. The fourth-order valence-electron chi connectivity index (χ4n) is 4.02. The van der Waals surface area contributed by atoms with Crippen LogP contribution in [0.15, 0.2) is 24.3 Å². The van der Waals surface area contributed by atoms with Gasteiger partial charge in [-0.2, -0.15) is 0 Å². The van der Waals surface area contributed by atoms with Crippen molar-refractivity contribution in [2.75, 3.05) is 11.4 Å². The van der Waals surface area contributed by atoms with Gasteiger partial charge in [0.05, 0.1) is 0 Å². The predicted molar refractivity (Wildman–Crippen MR) is 82.7 cm³/mol. The molecule has 0 N–H and O–H groups in total. The zero-order valence-corrected chi connectivity index (χ0v) is 12.5. The SMILES string of the molecule is [2H]C1([2H])C2(CCCCC2)CN(c2ccccc2C)C1(C)C. The molecule has 0 atom stereocenters. The molecule has 0 amide bonds. The second kappa shape index (κ2) is 4.54. The Morgan fingerprint density at radius 3 is 2.47 bits per heavy atom. The zero-order chi connectivity index (χ0) is 15.3. The van der Waals surface area contributed by atoms with Crippen LogP contribution < -0.4 is 4.90 Å². The Balaban J connectivity index is 2.06. The molecule has 1 aliphatic carbocycles. The van der Waals surface area contributed by atoms with E-state index in [2.05, 4.69) is 49.9 Å². The molecule has 1 saturated heterocycles. The minimum atomic E-state index is -1.15. The third kappa shape index (κ3) is 2.28. The number of hydrogen-bond donors (Lipinski definition) is 0. The summed E-state index contributed by atoms with van der Waals surface area (Å²) in [7, 11) is 0. The standard InChI is InChI=1S/C18H27N/c1-15-9-5-6-10-16(15)19-14-18(13-17(19,2)3)11-7-4-8-12-18/h5-6,9-10H,4,7-8,11-14H2,1-3H3/i13D2. The number of para-hydroxylation sites is 1. The third-order valence-corrected chi connectivity index (χ3v) is 4.92. The van der Waals surface area contributed by atoms with Crippen LogP contribution in [-0.4, -0.2) is 12.1 Å². The van der Waals surface area contributed by atoms with Crippen LogP contribution in [0, 0.1) is 12.3 Å². The lowest BCUT2D eigenvalue weighted by Gasteiger charge is -2.35. The molecule has 1 aromatic rings. The summed E-state index contributed by atoms with van der Waals surface area (Å²) in [5.74, 6) is 0. The number of rotatable bonds is 1. The van der Waals surface area contributed by atoms with Gasteiger partial charge in [0.1, 0.15) is 0 Å². The van der Waals surface area contributed by atoms with Crippen molar-refractivity contribution in [2.45, 2.75) is 64.8 Å². The van der Waals surface area contributed by atoms with Crippen LogP contribution in [0.25, 0.3) is 0 Å². The summed E-state index contributed by atoms with van der Waals surface area (Å²) in [6.45, 7) is 7.16. The summed E-state index contributed by atoms with van der Waals surface area (Å²) in [5, 5.41) is 0. The summed E-state index contributed by atoms with van der Waals surface area (Å²) < 4.78 is 17.8. The van der Waals surface area contributed by atoms with E-state index in [0.717, 1.165) is 19.4 Å². The van der Waals surface area contributed by atoms with Crippen LogP contribution in [0.5, 0.6) is 0 Å². The first-order valence-electron chi connectivity index (χ1n) is 8.65. The van der Waals surface area contributed by atoms with Crippen molar-refractivity contribution in [3.8, 4) is 0 Å². The van der Waals surface area contributed by atoms with Crippen LogP contribution in [0.3, 0.4) is 0 Å². The van der Waals surface area contributed by atoms with Crippen molar-refractivity contribution in [3.63, 3.8) is 0 Å². The molecule has 1 heterocycles. The molecule has 1 saturated carbocycles. The van der Waals surface area contributed by atoms with E-state index >= 15 is 0 Å². The minimum absolute atomic E-state index is 0.170. The first kappa shape index (κ1) is 10.8. The third-order valence-electron chi connectivity index (χ3n) is 4.92. The van der Waals surface area contributed by atoms with E-state index in [-0.39, 0.29) is 5.41 Å². The van der Waals surface area contributed by atoms with Crippen LogP contribution >= 0.6 is 0 Å². The average molecular weight is 259 g/mol. The van der Waals surface area contributed by atoms with Crippen molar-refractivity contribution < 1.29 is 2.74 Å². The molecule has 0 unspecified atom stereocenters. The van der Waals surface area contributed by atoms with Crippen molar-refractivity contribution in [3.05, 3.63) is 29.8 Å². The van der Waals surface area contributed by atoms with Crippen molar-refractivity contribution >= 4 is 5.69 Å². The van der Waals surface area contributed by atoms with Gasteiger partial charge < -0.3 is 4.90 Å². The largest absolute Gasteiger partial charge is 0.366 e. The highest BCUT2D eigenvalue weighted by molar-refractivity contribution is 5.56. The molecule has 104 valence electrons. The molecule has 1 nitrogen and oxygen atoms in total. The molecular formula is C18H27N. The number of hydrogen-bond acceptors (Lipinski definition) is 1. The second-order valence-corrected chi connectivity index (χ2v) is 6.90. The molecule has 2 aliphatic rings. The number of aryl methyl sites for hydroxylation is 1. The molecular weight excluding hydrogens is 230 g/mol. The Hall–Kier alpha value is -0.980. The van der Waals surface area contributed by atoms with E-state index < -0.39 is 11.9 Å². The maximum absolute atomic E-state index is 8.91. The fourth-order valence-corrected chi connectivity index (χ4v) is 4.02. The summed E-state index contributed by atoms with van der Waals surface area (Å²) >= 11 is 0. The van der Waals surface area contributed by atoms with E-state index in [0.29, 0.717) is 0 Å². The average Bonchev–Trinajstić information content (AvgIpc) is 2.59. The first-order chi connectivity index (χ1) is 9.82. The van der Waals surface area contributed by atoms with Gasteiger partial charge in [0.2, 0.25) is 0 Å². The van der Waals surface area contributed by atoms with Gasteiger partial charge in [-0.05, 0) is 57.0 Å². The Morgan fingerprint density at radius 1 is 1.11 bits per heavy atom. The highest BCUT2D eigenvalue weighted by atomic mass is 15.2. The molecule has 19 heavy (non-hydrogen) atoms. The normalized spacial score (nSPS) is 29.1. The van der Waals surface area contributed by atoms with Crippen molar-refractivity contribution in [1.29, 1.82) is 0 Å². The van der Waals surface area contributed by atoms with Gasteiger partial charge in [-0.15, -0.1) is 0 Å². The Morgan fingerprint density at radius 2 is 1.79 bits per heavy atom. The quantitative estimate of drug-likeness (QED) is 0.691. The van der Waals surface area contributed by atoms with E-state index in [9.17, 15) is 0 Å². The predicted octanol–water partition coefficient (Wildman–Crippen LogP) is 4.93.